The molecule has 0 radical (unpaired) electrons. The van der Waals surface area contributed by atoms with Crippen molar-refractivity contribution in [2.24, 2.45) is 0 Å². The fourth-order valence-corrected chi connectivity index (χ4v) is 2.61. The van der Waals surface area contributed by atoms with Crippen LogP contribution in [0.15, 0.2) is 21.1 Å². The van der Waals surface area contributed by atoms with E-state index in [0.717, 1.165) is 20.3 Å². The summed E-state index contributed by atoms with van der Waals surface area (Å²) in [7, 11) is 1.58. The summed E-state index contributed by atoms with van der Waals surface area (Å²) in [4.78, 5) is 0. The number of ether oxygens (including phenoxy) is 2. The van der Waals surface area contributed by atoms with Crippen LogP contribution in [0.4, 0.5) is 0 Å². The third-order valence-electron chi connectivity index (χ3n) is 1.53. The number of halogens is 3. The predicted molar refractivity (Wildman–Crippen MR) is 63.9 cm³/mol. The maximum absolute atomic E-state index is 5.72. The molecule has 0 aliphatic carbocycles. The average molecular weight is 344 g/mol. The molecule has 0 aliphatic rings. The number of alkyl halides is 1. The van der Waals surface area contributed by atoms with Crippen LogP contribution in [0.3, 0.4) is 0 Å². The fourth-order valence-electron chi connectivity index (χ4n) is 0.945. The van der Waals surface area contributed by atoms with Gasteiger partial charge in [0, 0.05) is 13.0 Å². The molecule has 5 heteroatoms. The van der Waals surface area contributed by atoms with Gasteiger partial charge >= 0.3 is 0 Å². The van der Waals surface area contributed by atoms with Gasteiger partial charge in [0.05, 0.1) is 8.95 Å². The highest BCUT2D eigenvalue weighted by Crippen LogP contribution is 2.35. The lowest BCUT2D eigenvalue weighted by molar-refractivity contribution is 0.0500. The second-order valence-corrected chi connectivity index (χ2v) is 4.55. The Kier molecular flexibility index (Phi) is 5.23. The van der Waals surface area contributed by atoms with Crippen molar-refractivity contribution in [2.75, 3.05) is 13.9 Å². The van der Waals surface area contributed by atoms with Crippen molar-refractivity contribution in [3.8, 4) is 5.75 Å². The van der Waals surface area contributed by atoms with Gasteiger partial charge in [-0.25, -0.2) is 0 Å². The quantitative estimate of drug-likeness (QED) is 0.609. The van der Waals surface area contributed by atoms with Gasteiger partial charge in [-0.15, -0.1) is 11.6 Å². The second-order valence-electron chi connectivity index (χ2n) is 2.57. The summed E-state index contributed by atoms with van der Waals surface area (Å²) in [6, 6.07) is 3.84. The van der Waals surface area contributed by atoms with Crippen molar-refractivity contribution in [3.05, 3.63) is 26.6 Å². The Labute approximate surface area is 105 Å². The minimum absolute atomic E-state index is 0.220. The topological polar surface area (TPSA) is 18.5 Å². The van der Waals surface area contributed by atoms with Gasteiger partial charge in [-0.1, -0.05) is 0 Å². The molecular weight excluding hydrogens is 335 g/mol. The molecule has 1 aromatic carbocycles. The minimum Gasteiger partial charge on any atom is -0.465 e. The van der Waals surface area contributed by atoms with E-state index in [2.05, 4.69) is 31.9 Å². The summed E-state index contributed by atoms with van der Waals surface area (Å²) in [5.74, 6) is 1.20. The third-order valence-corrected chi connectivity index (χ3v) is 3.02. The fraction of sp³-hybridized carbons (Fsp3) is 0.333. The van der Waals surface area contributed by atoms with E-state index in [0.29, 0.717) is 5.88 Å². The molecule has 0 aromatic heterocycles. The van der Waals surface area contributed by atoms with Crippen LogP contribution in [-0.2, 0) is 10.6 Å². The van der Waals surface area contributed by atoms with E-state index in [1.54, 1.807) is 7.11 Å². The molecule has 2 nitrogen and oxygen atoms in total. The number of hydrogen-bond acceptors (Lipinski definition) is 2. The summed E-state index contributed by atoms with van der Waals surface area (Å²) in [5, 5.41) is 0. The lowest BCUT2D eigenvalue weighted by Crippen LogP contribution is -2.00. The molecule has 0 atom stereocenters. The van der Waals surface area contributed by atoms with Crippen LogP contribution in [0.25, 0.3) is 0 Å². The van der Waals surface area contributed by atoms with Crippen LogP contribution < -0.4 is 4.74 Å². The summed E-state index contributed by atoms with van der Waals surface area (Å²) in [5.41, 5.74) is 1.02. The van der Waals surface area contributed by atoms with E-state index in [-0.39, 0.29) is 6.79 Å². The lowest BCUT2D eigenvalue weighted by Gasteiger charge is -2.10. The van der Waals surface area contributed by atoms with Gasteiger partial charge in [0.1, 0.15) is 0 Å². The van der Waals surface area contributed by atoms with Gasteiger partial charge in [0.2, 0.25) is 0 Å². The van der Waals surface area contributed by atoms with Crippen molar-refractivity contribution in [3.63, 3.8) is 0 Å². The van der Waals surface area contributed by atoms with Gasteiger partial charge in [-0.3, -0.25) is 0 Å². The van der Waals surface area contributed by atoms with Crippen molar-refractivity contribution in [1.82, 2.24) is 0 Å². The van der Waals surface area contributed by atoms with Gasteiger partial charge in [0.15, 0.2) is 12.5 Å². The van der Waals surface area contributed by atoms with Crippen molar-refractivity contribution in [1.29, 1.82) is 0 Å². The van der Waals surface area contributed by atoms with Gasteiger partial charge in [-0.05, 0) is 49.6 Å². The van der Waals surface area contributed by atoms with E-state index >= 15 is 0 Å². The highest BCUT2D eigenvalue weighted by atomic mass is 79.9. The molecule has 0 N–H and O–H groups in total. The molecule has 0 spiro atoms. The molecule has 0 bridgehead atoms. The van der Waals surface area contributed by atoms with E-state index in [1.165, 1.54) is 0 Å². The van der Waals surface area contributed by atoms with Gasteiger partial charge in [-0.2, -0.15) is 0 Å². The lowest BCUT2D eigenvalue weighted by atomic mass is 10.2. The van der Waals surface area contributed by atoms with E-state index in [1.807, 2.05) is 12.1 Å². The monoisotopic (exact) mass is 342 g/mol. The zero-order valence-electron chi connectivity index (χ0n) is 7.52. The number of benzene rings is 1. The maximum atomic E-state index is 5.72. The summed E-state index contributed by atoms with van der Waals surface area (Å²) >= 11 is 12.5. The molecular formula is C9H9Br2ClO2. The minimum atomic E-state index is 0.220. The Morgan fingerprint density at radius 1 is 1.29 bits per heavy atom. The molecule has 14 heavy (non-hydrogen) atoms. The first-order valence-corrected chi connectivity index (χ1v) is 5.96. The van der Waals surface area contributed by atoms with Crippen LogP contribution in [0.2, 0.25) is 0 Å². The van der Waals surface area contributed by atoms with Gasteiger partial charge in [0.25, 0.3) is 0 Å². The Morgan fingerprint density at radius 2 is 1.86 bits per heavy atom. The zero-order valence-corrected chi connectivity index (χ0v) is 11.4. The smallest absolute Gasteiger partial charge is 0.188 e. The largest absolute Gasteiger partial charge is 0.465 e. The van der Waals surface area contributed by atoms with Crippen molar-refractivity contribution < 1.29 is 9.47 Å². The van der Waals surface area contributed by atoms with E-state index < -0.39 is 0 Å². The van der Waals surface area contributed by atoms with Crippen molar-refractivity contribution in [2.45, 2.75) is 5.88 Å². The van der Waals surface area contributed by atoms with Crippen LogP contribution >= 0.6 is 43.5 Å². The summed E-state index contributed by atoms with van der Waals surface area (Å²) < 4.78 is 11.9. The first-order chi connectivity index (χ1) is 6.69. The predicted octanol–water partition coefficient (Wildman–Crippen LogP) is 3.93. The van der Waals surface area contributed by atoms with Crippen LogP contribution in [-0.4, -0.2) is 13.9 Å². The molecule has 78 valence electrons. The van der Waals surface area contributed by atoms with E-state index in [4.69, 9.17) is 21.1 Å². The van der Waals surface area contributed by atoms with E-state index in [9.17, 15) is 0 Å². The van der Waals surface area contributed by atoms with Crippen LogP contribution in [0, 0.1) is 0 Å². The molecule has 0 amide bonds. The average Bonchev–Trinajstić information content (AvgIpc) is 2.16. The molecule has 0 saturated heterocycles. The summed E-state index contributed by atoms with van der Waals surface area (Å²) in [6.45, 7) is 0.220. The Morgan fingerprint density at radius 3 is 2.29 bits per heavy atom. The molecule has 0 saturated carbocycles. The molecule has 1 rings (SSSR count). The third kappa shape index (κ3) is 3.12. The van der Waals surface area contributed by atoms with Gasteiger partial charge < -0.3 is 9.47 Å². The normalized spacial score (nSPS) is 10.3. The maximum Gasteiger partial charge on any atom is 0.188 e. The first kappa shape index (κ1) is 12.3. The number of methoxy groups -OCH3 is 1. The highest BCUT2D eigenvalue weighted by molar-refractivity contribution is 9.11. The number of hydrogen-bond donors (Lipinski definition) is 0. The molecule has 1 aromatic rings. The Hall–Kier alpha value is 0.230. The van der Waals surface area contributed by atoms with Crippen LogP contribution in [0.1, 0.15) is 5.56 Å². The first-order valence-electron chi connectivity index (χ1n) is 3.84. The van der Waals surface area contributed by atoms with Crippen LogP contribution in [0.5, 0.6) is 5.75 Å². The molecule has 0 unspecified atom stereocenters. The SMILES string of the molecule is COCOc1c(Br)cc(CCl)cc1Br. The zero-order chi connectivity index (χ0) is 10.6. The van der Waals surface area contributed by atoms with Crippen molar-refractivity contribution >= 4 is 43.5 Å². The molecule has 0 heterocycles. The standard InChI is InChI=1S/C9H9Br2ClO2/c1-13-5-14-9-7(10)2-6(4-12)3-8(9)11/h2-3H,4-5H2,1H3. The summed E-state index contributed by atoms with van der Waals surface area (Å²) in [6.07, 6.45) is 0. The Bertz CT molecular complexity index is 295. The highest BCUT2D eigenvalue weighted by Gasteiger charge is 2.08. The molecule has 0 aliphatic heterocycles. The Balaban J connectivity index is 2.93. The second kappa shape index (κ2) is 5.95. The number of rotatable bonds is 4. The molecule has 0 fully saturated rings.